The van der Waals surface area contributed by atoms with Gasteiger partial charge in [0.25, 0.3) is 0 Å². The number of likely N-dealkylation sites (tertiary alicyclic amines) is 1. The van der Waals surface area contributed by atoms with Gasteiger partial charge in [-0.25, -0.2) is 0 Å². The number of amides is 1. The van der Waals surface area contributed by atoms with Crippen LogP contribution in [0.15, 0.2) is 34.7 Å². The highest BCUT2D eigenvalue weighted by Gasteiger charge is 2.17. The van der Waals surface area contributed by atoms with E-state index in [4.69, 9.17) is 4.42 Å². The molecule has 2 heterocycles. The Morgan fingerprint density at radius 3 is 2.71 bits per heavy atom. The number of nitrogens with zero attached hydrogens (tertiary/aromatic N) is 3. The third kappa shape index (κ3) is 3.46. The van der Waals surface area contributed by atoms with E-state index in [-0.39, 0.29) is 5.91 Å². The summed E-state index contributed by atoms with van der Waals surface area (Å²) in [6, 6.07) is 9.62. The van der Waals surface area contributed by atoms with Gasteiger partial charge in [0.2, 0.25) is 17.7 Å². The van der Waals surface area contributed by atoms with Gasteiger partial charge in [-0.1, -0.05) is 18.2 Å². The number of hydrogen-bond acceptors (Lipinski definition) is 5. The van der Waals surface area contributed by atoms with Gasteiger partial charge < -0.3 is 9.32 Å². The van der Waals surface area contributed by atoms with Gasteiger partial charge in [0.15, 0.2) is 0 Å². The molecule has 1 aliphatic rings. The third-order valence-corrected chi connectivity index (χ3v) is 3.50. The van der Waals surface area contributed by atoms with Gasteiger partial charge in [-0.05, 0) is 25.0 Å². The molecule has 1 aliphatic heterocycles. The van der Waals surface area contributed by atoms with Crippen LogP contribution in [-0.2, 0) is 11.3 Å². The predicted octanol–water partition coefficient (Wildman–Crippen LogP) is 1.45. The number of carbonyl (C=O) groups is 1. The Kier molecular flexibility index (Phi) is 4.25. The lowest BCUT2D eigenvalue weighted by Crippen LogP contribution is -2.36. The number of rotatable bonds is 5. The van der Waals surface area contributed by atoms with E-state index in [0.717, 1.165) is 31.5 Å². The van der Waals surface area contributed by atoms with Crippen molar-refractivity contribution in [2.75, 3.05) is 19.6 Å². The van der Waals surface area contributed by atoms with E-state index in [1.807, 2.05) is 35.2 Å². The fourth-order valence-corrected chi connectivity index (χ4v) is 2.38. The third-order valence-electron chi connectivity index (χ3n) is 3.50. The SMILES string of the molecule is O=C(CNCc1nnc(-c2ccccc2)o1)N1CCCC1. The predicted molar refractivity (Wildman–Crippen MR) is 77.3 cm³/mol. The Bertz CT molecular complexity index is 591. The molecule has 1 aromatic heterocycles. The number of benzene rings is 1. The Balaban J connectivity index is 1.50. The highest BCUT2D eigenvalue weighted by atomic mass is 16.4. The summed E-state index contributed by atoms with van der Waals surface area (Å²) < 4.78 is 5.57. The minimum atomic E-state index is 0.135. The van der Waals surface area contributed by atoms with Crippen molar-refractivity contribution in [2.24, 2.45) is 0 Å². The zero-order chi connectivity index (χ0) is 14.5. The summed E-state index contributed by atoms with van der Waals surface area (Å²) in [6.07, 6.45) is 2.21. The van der Waals surface area contributed by atoms with Crippen molar-refractivity contribution < 1.29 is 9.21 Å². The average molecular weight is 286 g/mol. The summed E-state index contributed by atoms with van der Waals surface area (Å²) in [6.45, 7) is 2.46. The normalized spacial score (nSPS) is 14.6. The van der Waals surface area contributed by atoms with Crippen LogP contribution in [-0.4, -0.2) is 40.6 Å². The van der Waals surface area contributed by atoms with Crippen molar-refractivity contribution in [1.29, 1.82) is 0 Å². The number of carbonyl (C=O) groups excluding carboxylic acids is 1. The van der Waals surface area contributed by atoms with Crippen LogP contribution in [0.5, 0.6) is 0 Å². The molecule has 6 nitrogen and oxygen atoms in total. The van der Waals surface area contributed by atoms with Crippen LogP contribution in [0.2, 0.25) is 0 Å². The monoisotopic (exact) mass is 286 g/mol. The minimum Gasteiger partial charge on any atom is -0.419 e. The molecule has 0 atom stereocenters. The topological polar surface area (TPSA) is 71.3 Å². The maximum absolute atomic E-state index is 11.9. The van der Waals surface area contributed by atoms with E-state index in [0.29, 0.717) is 24.9 Å². The standard InChI is InChI=1S/C15H18N4O2/c20-14(19-8-4-5-9-19)11-16-10-13-17-18-15(21-13)12-6-2-1-3-7-12/h1-3,6-7,16H,4-5,8-11H2. The van der Waals surface area contributed by atoms with E-state index >= 15 is 0 Å². The Morgan fingerprint density at radius 2 is 1.95 bits per heavy atom. The summed E-state index contributed by atoms with van der Waals surface area (Å²) in [4.78, 5) is 13.7. The second-order valence-electron chi connectivity index (χ2n) is 5.06. The molecule has 0 bridgehead atoms. The first kappa shape index (κ1) is 13.8. The first-order valence-electron chi connectivity index (χ1n) is 7.19. The highest BCUT2D eigenvalue weighted by molar-refractivity contribution is 5.78. The fraction of sp³-hybridized carbons (Fsp3) is 0.400. The van der Waals surface area contributed by atoms with E-state index in [1.165, 1.54) is 0 Å². The summed E-state index contributed by atoms with van der Waals surface area (Å²) >= 11 is 0. The molecule has 1 aromatic carbocycles. The molecular formula is C15H18N4O2. The molecule has 0 saturated carbocycles. The van der Waals surface area contributed by atoms with Crippen LogP contribution in [0.3, 0.4) is 0 Å². The zero-order valence-corrected chi connectivity index (χ0v) is 11.8. The van der Waals surface area contributed by atoms with Crippen LogP contribution < -0.4 is 5.32 Å². The molecule has 1 N–H and O–H groups in total. The van der Waals surface area contributed by atoms with Gasteiger partial charge in [0.1, 0.15) is 0 Å². The lowest BCUT2D eigenvalue weighted by atomic mass is 10.2. The number of hydrogen-bond donors (Lipinski definition) is 1. The second-order valence-corrected chi connectivity index (χ2v) is 5.06. The van der Waals surface area contributed by atoms with E-state index < -0.39 is 0 Å². The van der Waals surface area contributed by atoms with Gasteiger partial charge in [-0.3, -0.25) is 10.1 Å². The van der Waals surface area contributed by atoms with Crippen LogP contribution in [0.1, 0.15) is 18.7 Å². The molecule has 0 aliphatic carbocycles. The number of nitrogens with one attached hydrogen (secondary N) is 1. The van der Waals surface area contributed by atoms with E-state index in [2.05, 4.69) is 15.5 Å². The van der Waals surface area contributed by atoms with E-state index in [9.17, 15) is 4.79 Å². The molecular weight excluding hydrogens is 268 g/mol. The zero-order valence-electron chi connectivity index (χ0n) is 11.8. The van der Waals surface area contributed by atoms with Crippen LogP contribution >= 0.6 is 0 Å². The first-order chi connectivity index (χ1) is 10.3. The Morgan fingerprint density at radius 1 is 1.19 bits per heavy atom. The summed E-state index contributed by atoms with van der Waals surface area (Å²) in [5, 5.41) is 11.0. The van der Waals surface area contributed by atoms with Crippen LogP contribution in [0.4, 0.5) is 0 Å². The summed E-state index contributed by atoms with van der Waals surface area (Å²) in [5.41, 5.74) is 0.893. The molecule has 6 heteroatoms. The molecule has 0 radical (unpaired) electrons. The fourth-order valence-electron chi connectivity index (χ4n) is 2.38. The Hall–Kier alpha value is -2.21. The molecule has 3 rings (SSSR count). The molecule has 0 spiro atoms. The molecule has 110 valence electrons. The van der Waals surface area contributed by atoms with Crippen molar-refractivity contribution in [3.63, 3.8) is 0 Å². The molecule has 2 aromatic rings. The maximum Gasteiger partial charge on any atom is 0.247 e. The van der Waals surface area contributed by atoms with Gasteiger partial charge in [-0.2, -0.15) is 0 Å². The van der Waals surface area contributed by atoms with Gasteiger partial charge in [0.05, 0.1) is 13.1 Å². The smallest absolute Gasteiger partial charge is 0.247 e. The molecule has 0 unspecified atom stereocenters. The molecule has 1 saturated heterocycles. The summed E-state index contributed by atoms with van der Waals surface area (Å²) in [5.74, 6) is 1.12. The van der Waals surface area contributed by atoms with Gasteiger partial charge in [0, 0.05) is 18.7 Å². The van der Waals surface area contributed by atoms with Gasteiger partial charge >= 0.3 is 0 Å². The van der Waals surface area contributed by atoms with Crippen molar-refractivity contribution in [3.8, 4) is 11.5 Å². The van der Waals surface area contributed by atoms with Crippen LogP contribution in [0.25, 0.3) is 11.5 Å². The largest absolute Gasteiger partial charge is 0.419 e. The van der Waals surface area contributed by atoms with Gasteiger partial charge in [-0.15, -0.1) is 10.2 Å². The van der Waals surface area contributed by atoms with Crippen molar-refractivity contribution in [3.05, 3.63) is 36.2 Å². The quantitative estimate of drug-likeness (QED) is 0.900. The minimum absolute atomic E-state index is 0.135. The summed E-state index contributed by atoms with van der Waals surface area (Å²) in [7, 11) is 0. The molecule has 1 fully saturated rings. The number of aromatic nitrogens is 2. The average Bonchev–Trinajstić information content (AvgIpc) is 3.20. The lowest BCUT2D eigenvalue weighted by molar-refractivity contribution is -0.129. The maximum atomic E-state index is 11.9. The van der Waals surface area contributed by atoms with Crippen molar-refractivity contribution >= 4 is 5.91 Å². The molecule has 21 heavy (non-hydrogen) atoms. The molecule has 1 amide bonds. The lowest BCUT2D eigenvalue weighted by Gasteiger charge is -2.14. The second kappa shape index (κ2) is 6.49. The first-order valence-corrected chi connectivity index (χ1v) is 7.19. The Labute approximate surface area is 123 Å². The van der Waals surface area contributed by atoms with Crippen molar-refractivity contribution in [1.82, 2.24) is 20.4 Å². The van der Waals surface area contributed by atoms with E-state index in [1.54, 1.807) is 0 Å². The van der Waals surface area contributed by atoms with Crippen molar-refractivity contribution in [2.45, 2.75) is 19.4 Å². The highest BCUT2D eigenvalue weighted by Crippen LogP contribution is 2.16. The van der Waals surface area contributed by atoms with Crippen LogP contribution in [0, 0.1) is 0 Å².